The van der Waals surface area contributed by atoms with Crippen molar-refractivity contribution in [2.75, 3.05) is 19.7 Å². The second-order valence-electron chi connectivity index (χ2n) is 6.25. The largest absolute Gasteiger partial charge is 0.378 e. The van der Waals surface area contributed by atoms with Crippen LogP contribution in [0.4, 0.5) is 0 Å². The van der Waals surface area contributed by atoms with Crippen molar-refractivity contribution in [1.82, 2.24) is 4.90 Å². The fourth-order valence-corrected chi connectivity index (χ4v) is 3.66. The Labute approximate surface area is 106 Å². The van der Waals surface area contributed by atoms with Crippen molar-refractivity contribution in [3.8, 4) is 0 Å². The van der Waals surface area contributed by atoms with Crippen LogP contribution in [0, 0.1) is 5.92 Å². The first-order chi connectivity index (χ1) is 8.07. The molecular weight excluding hydrogens is 212 g/mol. The van der Waals surface area contributed by atoms with E-state index in [0.717, 1.165) is 31.9 Å². The molecule has 0 spiro atoms. The third-order valence-corrected chi connectivity index (χ3v) is 4.74. The van der Waals surface area contributed by atoms with E-state index in [4.69, 9.17) is 10.5 Å². The van der Waals surface area contributed by atoms with Gasteiger partial charge in [-0.05, 0) is 45.4 Å². The van der Waals surface area contributed by atoms with E-state index in [1.807, 2.05) is 0 Å². The van der Waals surface area contributed by atoms with Gasteiger partial charge >= 0.3 is 0 Å². The van der Waals surface area contributed by atoms with E-state index in [1.165, 1.54) is 19.4 Å². The summed E-state index contributed by atoms with van der Waals surface area (Å²) in [4.78, 5) is 2.69. The molecule has 4 atom stereocenters. The highest BCUT2D eigenvalue weighted by molar-refractivity contribution is 4.99. The molecule has 4 unspecified atom stereocenters. The summed E-state index contributed by atoms with van der Waals surface area (Å²) in [5.41, 5.74) is 6.34. The zero-order valence-corrected chi connectivity index (χ0v) is 11.6. The normalized spacial score (nSPS) is 44.8. The van der Waals surface area contributed by atoms with Crippen LogP contribution in [0.2, 0.25) is 0 Å². The Bertz CT molecular complexity index is 259. The van der Waals surface area contributed by atoms with Gasteiger partial charge in [0.05, 0.1) is 6.10 Å². The van der Waals surface area contributed by atoms with Crippen molar-refractivity contribution in [2.24, 2.45) is 11.7 Å². The minimum atomic E-state index is 0.200. The maximum Gasteiger partial charge on any atom is 0.0565 e. The molecule has 2 fully saturated rings. The number of hydrogen-bond acceptors (Lipinski definition) is 3. The molecule has 0 bridgehead atoms. The van der Waals surface area contributed by atoms with Gasteiger partial charge in [0.25, 0.3) is 0 Å². The highest BCUT2D eigenvalue weighted by atomic mass is 16.5. The number of nitrogens with zero attached hydrogens (tertiary/aromatic N) is 1. The van der Waals surface area contributed by atoms with E-state index in [1.54, 1.807) is 0 Å². The second kappa shape index (κ2) is 5.25. The molecule has 0 amide bonds. The van der Waals surface area contributed by atoms with Crippen LogP contribution >= 0.6 is 0 Å². The van der Waals surface area contributed by atoms with Crippen LogP contribution in [0.15, 0.2) is 0 Å². The van der Waals surface area contributed by atoms with Gasteiger partial charge in [-0.25, -0.2) is 0 Å². The predicted molar refractivity (Wildman–Crippen MR) is 71.0 cm³/mol. The molecule has 2 rings (SSSR count). The minimum Gasteiger partial charge on any atom is -0.378 e. The first kappa shape index (κ1) is 13.3. The molecule has 2 saturated heterocycles. The van der Waals surface area contributed by atoms with Gasteiger partial charge in [0, 0.05) is 31.3 Å². The lowest BCUT2D eigenvalue weighted by atomic mass is 9.80. The Kier molecular flexibility index (Phi) is 4.11. The van der Waals surface area contributed by atoms with Gasteiger partial charge in [-0.2, -0.15) is 0 Å². The van der Waals surface area contributed by atoms with Crippen LogP contribution < -0.4 is 5.73 Å². The molecule has 0 aromatic heterocycles. The van der Waals surface area contributed by atoms with Crippen molar-refractivity contribution in [3.63, 3.8) is 0 Å². The van der Waals surface area contributed by atoms with Crippen LogP contribution in [-0.4, -0.2) is 42.3 Å². The molecule has 0 radical (unpaired) electrons. The van der Waals surface area contributed by atoms with E-state index >= 15 is 0 Å². The summed E-state index contributed by atoms with van der Waals surface area (Å²) >= 11 is 0. The number of rotatable bonds is 2. The van der Waals surface area contributed by atoms with Crippen LogP contribution in [0.1, 0.15) is 46.5 Å². The lowest BCUT2D eigenvalue weighted by molar-refractivity contribution is -0.0888. The number of nitrogens with two attached hydrogens (primary N) is 1. The van der Waals surface area contributed by atoms with E-state index in [-0.39, 0.29) is 5.54 Å². The zero-order chi connectivity index (χ0) is 12.5. The Morgan fingerprint density at radius 1 is 1.29 bits per heavy atom. The average Bonchev–Trinajstić information content (AvgIpc) is 2.32. The van der Waals surface area contributed by atoms with Gasteiger partial charge in [0.1, 0.15) is 0 Å². The van der Waals surface area contributed by atoms with Crippen LogP contribution in [0.3, 0.4) is 0 Å². The second-order valence-corrected chi connectivity index (χ2v) is 6.25. The van der Waals surface area contributed by atoms with Crippen molar-refractivity contribution < 1.29 is 4.74 Å². The summed E-state index contributed by atoms with van der Waals surface area (Å²) in [5.74, 6) is 0.813. The standard InChI is InChI=1S/C14H28N2O/c1-11-4-5-12(2)16(9-11)14(10-15)6-7-17-13(3)8-14/h11-13H,4-10,15H2,1-3H3. The summed E-state index contributed by atoms with van der Waals surface area (Å²) in [6, 6.07) is 0.681. The van der Waals surface area contributed by atoms with Gasteiger partial charge in [0.2, 0.25) is 0 Å². The van der Waals surface area contributed by atoms with Crippen LogP contribution in [0.25, 0.3) is 0 Å². The first-order valence-electron chi connectivity index (χ1n) is 7.16. The predicted octanol–water partition coefficient (Wildman–Crippen LogP) is 2.00. The highest BCUT2D eigenvalue weighted by Gasteiger charge is 2.43. The lowest BCUT2D eigenvalue weighted by Crippen LogP contribution is -2.62. The summed E-state index contributed by atoms with van der Waals surface area (Å²) in [6.45, 7) is 9.77. The molecule has 0 aliphatic carbocycles. The topological polar surface area (TPSA) is 38.5 Å². The molecule has 0 saturated carbocycles. The summed E-state index contributed by atoms with van der Waals surface area (Å²) < 4.78 is 5.71. The Balaban J connectivity index is 2.14. The van der Waals surface area contributed by atoms with Crippen molar-refractivity contribution >= 4 is 0 Å². The molecule has 2 aliphatic heterocycles. The van der Waals surface area contributed by atoms with E-state index < -0.39 is 0 Å². The molecule has 2 heterocycles. The smallest absolute Gasteiger partial charge is 0.0565 e. The number of piperidine rings is 1. The fourth-order valence-electron chi connectivity index (χ4n) is 3.66. The highest BCUT2D eigenvalue weighted by Crippen LogP contribution is 2.36. The number of ether oxygens (including phenoxy) is 1. The third kappa shape index (κ3) is 2.67. The van der Waals surface area contributed by atoms with Crippen molar-refractivity contribution in [3.05, 3.63) is 0 Å². The summed E-state index contributed by atoms with van der Waals surface area (Å²) in [5, 5.41) is 0. The van der Waals surface area contributed by atoms with Crippen LogP contribution in [-0.2, 0) is 4.74 Å². The molecule has 2 N–H and O–H groups in total. The first-order valence-corrected chi connectivity index (χ1v) is 7.16. The van der Waals surface area contributed by atoms with Crippen molar-refractivity contribution in [1.29, 1.82) is 0 Å². The summed E-state index contributed by atoms with van der Waals surface area (Å²) in [7, 11) is 0. The van der Waals surface area contributed by atoms with Gasteiger partial charge in [-0.15, -0.1) is 0 Å². The maximum atomic E-state index is 6.14. The average molecular weight is 240 g/mol. The molecule has 0 aromatic carbocycles. The van der Waals surface area contributed by atoms with Crippen molar-refractivity contribution in [2.45, 2.75) is 64.1 Å². The number of likely N-dealkylation sites (tertiary alicyclic amines) is 1. The molecule has 2 aliphatic rings. The minimum absolute atomic E-state index is 0.200. The maximum absolute atomic E-state index is 6.14. The molecule has 17 heavy (non-hydrogen) atoms. The third-order valence-electron chi connectivity index (χ3n) is 4.74. The van der Waals surface area contributed by atoms with Crippen LogP contribution in [0.5, 0.6) is 0 Å². The SMILES string of the molecule is CC1CCC(C)N(C2(CN)CCOC(C)C2)C1. The van der Waals surface area contributed by atoms with E-state index in [2.05, 4.69) is 25.7 Å². The molecular formula is C14H28N2O. The van der Waals surface area contributed by atoms with Gasteiger partial charge in [-0.3, -0.25) is 4.90 Å². The van der Waals surface area contributed by atoms with E-state index in [0.29, 0.717) is 12.1 Å². The fraction of sp³-hybridized carbons (Fsp3) is 1.00. The monoisotopic (exact) mass is 240 g/mol. The van der Waals surface area contributed by atoms with Gasteiger partial charge in [0.15, 0.2) is 0 Å². The quantitative estimate of drug-likeness (QED) is 0.802. The molecule has 0 aromatic rings. The van der Waals surface area contributed by atoms with E-state index in [9.17, 15) is 0 Å². The van der Waals surface area contributed by atoms with Gasteiger partial charge in [-0.1, -0.05) is 6.92 Å². The zero-order valence-electron chi connectivity index (χ0n) is 11.6. The van der Waals surface area contributed by atoms with Gasteiger partial charge < -0.3 is 10.5 Å². The Morgan fingerprint density at radius 2 is 2.06 bits per heavy atom. The lowest BCUT2D eigenvalue weighted by Gasteiger charge is -2.53. The molecule has 100 valence electrons. The summed E-state index contributed by atoms with van der Waals surface area (Å²) in [6.07, 6.45) is 5.24. The molecule has 3 heteroatoms. The molecule has 3 nitrogen and oxygen atoms in total. The Morgan fingerprint density at radius 3 is 2.71 bits per heavy atom. The number of hydrogen-bond donors (Lipinski definition) is 1. The Hall–Kier alpha value is -0.120.